The van der Waals surface area contributed by atoms with Crippen LogP contribution in [0.5, 0.6) is 0 Å². The quantitative estimate of drug-likeness (QED) is 0.787. The largest absolute Gasteiger partial charge is 0.481 e. The van der Waals surface area contributed by atoms with Crippen LogP contribution >= 0.6 is 0 Å². The normalized spacial score (nSPS) is 32.7. The fourth-order valence-electron chi connectivity index (χ4n) is 4.92. The zero-order valence-electron chi connectivity index (χ0n) is 14.7. The zero-order chi connectivity index (χ0) is 17.6. The average molecular weight is 349 g/mol. The summed E-state index contributed by atoms with van der Waals surface area (Å²) >= 11 is 0. The second kappa shape index (κ2) is 6.27. The molecule has 2 heterocycles. The van der Waals surface area contributed by atoms with Gasteiger partial charge in [-0.25, -0.2) is 0 Å². The molecule has 2 aliphatic carbocycles. The number of piperazine rings is 1. The third kappa shape index (κ3) is 3.03. The molecule has 4 fully saturated rings. The number of carbonyl (C=O) groups excluding carboxylic acids is 2. The van der Waals surface area contributed by atoms with Crippen molar-refractivity contribution in [2.24, 2.45) is 17.3 Å². The van der Waals surface area contributed by atoms with Gasteiger partial charge in [0.15, 0.2) is 0 Å². The van der Waals surface area contributed by atoms with Crippen LogP contribution in [0.15, 0.2) is 0 Å². The predicted octanol–water partition coefficient (Wildman–Crippen LogP) is 0.254. The highest BCUT2D eigenvalue weighted by Gasteiger charge is 2.55. The van der Waals surface area contributed by atoms with Crippen molar-refractivity contribution >= 4 is 17.8 Å². The van der Waals surface area contributed by atoms with Crippen LogP contribution in [0, 0.1) is 17.3 Å². The summed E-state index contributed by atoms with van der Waals surface area (Å²) in [4.78, 5) is 42.2. The Kier molecular flexibility index (Phi) is 4.22. The van der Waals surface area contributed by atoms with Crippen molar-refractivity contribution in [1.82, 2.24) is 14.7 Å². The first kappa shape index (κ1) is 16.8. The van der Waals surface area contributed by atoms with Crippen molar-refractivity contribution in [3.8, 4) is 0 Å². The maximum Gasteiger partial charge on any atom is 0.311 e. The Labute approximate surface area is 147 Å². The lowest BCUT2D eigenvalue weighted by Crippen LogP contribution is -2.53. The van der Waals surface area contributed by atoms with Gasteiger partial charge in [0, 0.05) is 45.2 Å². The van der Waals surface area contributed by atoms with Gasteiger partial charge in [-0.1, -0.05) is 6.42 Å². The van der Waals surface area contributed by atoms with Gasteiger partial charge in [0.1, 0.15) is 0 Å². The predicted molar refractivity (Wildman–Crippen MR) is 89.7 cm³/mol. The number of carboxylic acids is 1. The van der Waals surface area contributed by atoms with E-state index in [4.69, 9.17) is 0 Å². The van der Waals surface area contributed by atoms with Crippen LogP contribution in [0.4, 0.5) is 0 Å². The lowest BCUT2D eigenvalue weighted by molar-refractivity contribution is -0.149. The Balaban J connectivity index is 1.28. The number of hydrogen-bond donors (Lipinski definition) is 1. The van der Waals surface area contributed by atoms with Gasteiger partial charge in [-0.3, -0.25) is 19.3 Å². The summed E-state index contributed by atoms with van der Waals surface area (Å²) in [6.07, 6.45) is 4.70. The van der Waals surface area contributed by atoms with Crippen LogP contribution in [0.2, 0.25) is 0 Å². The Bertz CT molecular complexity index is 583. The van der Waals surface area contributed by atoms with Gasteiger partial charge >= 0.3 is 5.97 Å². The lowest BCUT2D eigenvalue weighted by Gasteiger charge is -2.35. The second-order valence-electron chi connectivity index (χ2n) is 8.20. The molecule has 0 spiro atoms. The third-order valence-corrected chi connectivity index (χ3v) is 6.60. The van der Waals surface area contributed by atoms with Crippen molar-refractivity contribution in [3.63, 3.8) is 0 Å². The van der Waals surface area contributed by atoms with E-state index in [2.05, 4.69) is 0 Å². The van der Waals surface area contributed by atoms with E-state index >= 15 is 0 Å². The highest BCUT2D eigenvalue weighted by Crippen LogP contribution is 2.48. The van der Waals surface area contributed by atoms with Gasteiger partial charge in [-0.2, -0.15) is 0 Å². The fraction of sp³-hybridized carbons (Fsp3) is 0.833. The number of aliphatic carboxylic acids is 1. The molecule has 4 rings (SSSR count). The van der Waals surface area contributed by atoms with E-state index in [9.17, 15) is 19.5 Å². The number of hydrogen-bond acceptors (Lipinski definition) is 4. The van der Waals surface area contributed by atoms with Crippen molar-refractivity contribution < 1.29 is 19.5 Å². The topological polar surface area (TPSA) is 81.2 Å². The third-order valence-electron chi connectivity index (χ3n) is 6.60. The van der Waals surface area contributed by atoms with Gasteiger partial charge < -0.3 is 14.9 Å². The molecule has 7 nitrogen and oxygen atoms in total. The summed E-state index contributed by atoms with van der Waals surface area (Å²) in [5, 5.41) is 9.65. The highest BCUT2D eigenvalue weighted by molar-refractivity contribution is 5.82. The Morgan fingerprint density at radius 1 is 1.00 bits per heavy atom. The number of nitrogens with zero attached hydrogens (tertiary/aromatic N) is 3. The minimum Gasteiger partial charge on any atom is -0.481 e. The molecule has 7 heteroatoms. The van der Waals surface area contributed by atoms with E-state index in [0.29, 0.717) is 39.3 Å². The average Bonchev–Trinajstić information content (AvgIpc) is 3.27. The van der Waals surface area contributed by atoms with E-state index in [1.807, 2.05) is 14.7 Å². The van der Waals surface area contributed by atoms with E-state index in [0.717, 1.165) is 38.6 Å². The molecule has 2 aliphatic heterocycles. The molecule has 0 radical (unpaired) electrons. The minimum absolute atomic E-state index is 0.0685. The number of likely N-dealkylation sites (tertiary alicyclic amines) is 1. The van der Waals surface area contributed by atoms with Gasteiger partial charge in [0.2, 0.25) is 11.8 Å². The molecule has 1 N–H and O–H groups in total. The smallest absolute Gasteiger partial charge is 0.311 e. The molecular formula is C18H27N3O4. The first-order valence-corrected chi connectivity index (χ1v) is 9.52. The van der Waals surface area contributed by atoms with Crippen molar-refractivity contribution in [2.45, 2.75) is 32.1 Å². The van der Waals surface area contributed by atoms with E-state index in [1.165, 1.54) is 0 Å². The first-order chi connectivity index (χ1) is 12.0. The second-order valence-corrected chi connectivity index (χ2v) is 8.20. The van der Waals surface area contributed by atoms with Crippen LogP contribution in [0.1, 0.15) is 32.1 Å². The molecule has 138 valence electrons. The number of carbonyl (C=O) groups is 3. The Hall–Kier alpha value is -1.63. The Morgan fingerprint density at radius 2 is 1.68 bits per heavy atom. The molecule has 25 heavy (non-hydrogen) atoms. The maximum atomic E-state index is 12.6. The molecule has 0 bridgehead atoms. The van der Waals surface area contributed by atoms with Crippen LogP contribution in [0.3, 0.4) is 0 Å². The molecule has 2 saturated carbocycles. The number of rotatable bonds is 4. The van der Waals surface area contributed by atoms with E-state index in [-0.39, 0.29) is 23.7 Å². The summed E-state index contributed by atoms with van der Waals surface area (Å²) in [6, 6.07) is 0. The van der Waals surface area contributed by atoms with Crippen molar-refractivity contribution in [1.29, 1.82) is 0 Å². The summed E-state index contributed by atoms with van der Waals surface area (Å²) in [5.41, 5.74) is -0.629. The number of fused-ring (bicyclic) bond motifs is 1. The highest BCUT2D eigenvalue weighted by atomic mass is 16.4. The summed E-state index contributed by atoms with van der Waals surface area (Å²) < 4.78 is 0. The van der Waals surface area contributed by atoms with Crippen LogP contribution in [-0.4, -0.2) is 83.4 Å². The van der Waals surface area contributed by atoms with Crippen LogP contribution in [-0.2, 0) is 14.4 Å². The SMILES string of the molecule is O=C(CN1C[C@@H]2CCC[C@@]2(C(=O)O)C1)N1CCN(C(=O)C2CC2)CC1. The zero-order valence-corrected chi connectivity index (χ0v) is 14.7. The summed E-state index contributed by atoms with van der Waals surface area (Å²) in [6.45, 7) is 3.97. The molecule has 2 saturated heterocycles. The molecule has 0 aromatic heterocycles. The van der Waals surface area contributed by atoms with E-state index in [1.54, 1.807) is 0 Å². The molecule has 2 atom stereocenters. The molecule has 0 unspecified atom stereocenters. The monoisotopic (exact) mass is 349 g/mol. The molecule has 2 amide bonds. The number of amides is 2. The Morgan fingerprint density at radius 3 is 2.28 bits per heavy atom. The van der Waals surface area contributed by atoms with Gasteiger partial charge in [0.25, 0.3) is 0 Å². The number of carboxylic acid groups (broad SMARTS) is 1. The van der Waals surface area contributed by atoms with Crippen LogP contribution in [0.25, 0.3) is 0 Å². The molecule has 0 aromatic rings. The first-order valence-electron chi connectivity index (χ1n) is 9.52. The summed E-state index contributed by atoms with van der Waals surface area (Å²) in [5.74, 6) is 0.0448. The fourth-order valence-corrected chi connectivity index (χ4v) is 4.92. The maximum absolute atomic E-state index is 12.6. The van der Waals surface area contributed by atoms with Gasteiger partial charge in [0.05, 0.1) is 12.0 Å². The van der Waals surface area contributed by atoms with E-state index < -0.39 is 11.4 Å². The van der Waals surface area contributed by atoms with Crippen LogP contribution < -0.4 is 0 Å². The van der Waals surface area contributed by atoms with Crippen molar-refractivity contribution in [2.75, 3.05) is 45.8 Å². The van der Waals surface area contributed by atoms with Gasteiger partial charge in [-0.05, 0) is 31.6 Å². The van der Waals surface area contributed by atoms with Crippen molar-refractivity contribution in [3.05, 3.63) is 0 Å². The van der Waals surface area contributed by atoms with Gasteiger partial charge in [-0.15, -0.1) is 0 Å². The summed E-state index contributed by atoms with van der Waals surface area (Å²) in [7, 11) is 0. The minimum atomic E-state index is -0.697. The molecule has 4 aliphatic rings. The lowest BCUT2D eigenvalue weighted by atomic mass is 9.81. The molecular weight excluding hydrogens is 322 g/mol. The molecule has 0 aromatic carbocycles. The standard InChI is InChI=1S/C18H27N3O4/c22-15(20-6-8-21(9-7-20)16(23)13-3-4-13)11-19-10-14-2-1-5-18(14,12-19)17(24)25/h13-14H,1-12H2,(H,24,25)/t14-,18+/m0/s1.